The molecule has 152 valence electrons. The second-order valence-corrected chi connectivity index (χ2v) is 7.48. The van der Waals surface area contributed by atoms with Crippen molar-refractivity contribution in [1.29, 1.82) is 0 Å². The summed E-state index contributed by atoms with van der Waals surface area (Å²) in [6.07, 6.45) is 1.64. The Balaban J connectivity index is 1.39. The first-order valence-corrected chi connectivity index (χ1v) is 10.1. The van der Waals surface area contributed by atoms with Crippen molar-refractivity contribution in [3.8, 4) is 5.75 Å². The first-order chi connectivity index (χ1) is 14.0. The number of aromatic nitrogens is 3. The summed E-state index contributed by atoms with van der Waals surface area (Å²) in [6.45, 7) is 10.6. The average Bonchev–Trinajstić information content (AvgIpc) is 3.14. The maximum absolute atomic E-state index is 13.1. The van der Waals surface area contributed by atoms with Gasteiger partial charge in [-0.2, -0.15) is 5.10 Å². The Bertz CT molecular complexity index is 1000. The van der Waals surface area contributed by atoms with Crippen LogP contribution in [-0.2, 0) is 6.54 Å². The Morgan fingerprint density at radius 1 is 1.10 bits per heavy atom. The molecule has 29 heavy (non-hydrogen) atoms. The molecule has 1 saturated heterocycles. The summed E-state index contributed by atoms with van der Waals surface area (Å²) in [7, 11) is 0. The lowest BCUT2D eigenvalue weighted by atomic mass is 10.2. The zero-order valence-corrected chi connectivity index (χ0v) is 17.3. The summed E-state index contributed by atoms with van der Waals surface area (Å²) < 4.78 is 7.24. The van der Waals surface area contributed by atoms with E-state index in [1.54, 1.807) is 10.7 Å². The Hall–Kier alpha value is -2.93. The first kappa shape index (κ1) is 19.4. The van der Waals surface area contributed by atoms with Crippen LogP contribution in [-0.4, -0.2) is 63.1 Å². The summed E-state index contributed by atoms with van der Waals surface area (Å²) in [5, 5.41) is 4.35. The molecule has 0 unspecified atom stereocenters. The lowest BCUT2D eigenvalue weighted by Crippen LogP contribution is -2.48. The van der Waals surface area contributed by atoms with E-state index >= 15 is 0 Å². The molecule has 1 fully saturated rings. The predicted octanol–water partition coefficient (Wildman–Crippen LogP) is 2.70. The molecular weight excluding hydrogens is 366 g/mol. The van der Waals surface area contributed by atoms with Crippen molar-refractivity contribution in [2.75, 3.05) is 32.8 Å². The second-order valence-electron chi connectivity index (χ2n) is 7.48. The van der Waals surface area contributed by atoms with Crippen molar-refractivity contribution in [3.05, 3.63) is 59.0 Å². The van der Waals surface area contributed by atoms with Gasteiger partial charge in [-0.15, -0.1) is 0 Å². The number of nitrogens with zero attached hydrogens (tertiary/aromatic N) is 5. The number of hydrogen-bond donors (Lipinski definition) is 0. The van der Waals surface area contributed by atoms with E-state index < -0.39 is 0 Å². The number of benzene rings is 1. The maximum atomic E-state index is 13.1. The van der Waals surface area contributed by atoms with E-state index in [2.05, 4.69) is 27.1 Å². The third kappa shape index (κ3) is 4.10. The molecule has 2 aromatic heterocycles. The number of carbonyl (C=O) groups excluding carboxylic acids is 1. The summed E-state index contributed by atoms with van der Waals surface area (Å²) in [5.41, 5.74) is 4.35. The van der Waals surface area contributed by atoms with Gasteiger partial charge < -0.3 is 9.64 Å². The Kier molecular flexibility index (Phi) is 5.49. The van der Waals surface area contributed by atoms with Crippen molar-refractivity contribution >= 4 is 11.6 Å². The SMILES string of the molecule is CCOc1ccc(CN2CCN(C(=O)c3cnn4c(C)cc(C)nc34)CC2)cc1. The lowest BCUT2D eigenvalue weighted by molar-refractivity contribution is 0.0630. The number of rotatable bonds is 5. The summed E-state index contributed by atoms with van der Waals surface area (Å²) >= 11 is 0. The highest BCUT2D eigenvalue weighted by Crippen LogP contribution is 2.17. The largest absolute Gasteiger partial charge is 0.494 e. The summed E-state index contributed by atoms with van der Waals surface area (Å²) in [5.74, 6) is 0.914. The number of aryl methyl sites for hydroxylation is 2. The first-order valence-electron chi connectivity index (χ1n) is 10.1. The van der Waals surface area contributed by atoms with Gasteiger partial charge in [0.1, 0.15) is 11.3 Å². The molecular formula is C22H27N5O2. The predicted molar refractivity (Wildman–Crippen MR) is 111 cm³/mol. The smallest absolute Gasteiger partial charge is 0.259 e. The van der Waals surface area contributed by atoms with Crippen molar-refractivity contribution in [2.24, 2.45) is 0 Å². The van der Waals surface area contributed by atoms with E-state index in [1.165, 1.54) is 5.56 Å². The van der Waals surface area contributed by atoms with Gasteiger partial charge in [-0.05, 0) is 44.5 Å². The molecule has 0 saturated carbocycles. The van der Waals surface area contributed by atoms with Crippen LogP contribution in [0.5, 0.6) is 5.75 Å². The minimum atomic E-state index is 0.0122. The number of piperazine rings is 1. The van der Waals surface area contributed by atoms with Crippen molar-refractivity contribution < 1.29 is 9.53 Å². The van der Waals surface area contributed by atoms with E-state index in [4.69, 9.17) is 4.74 Å². The number of amides is 1. The molecule has 1 amide bonds. The van der Waals surface area contributed by atoms with Crippen molar-refractivity contribution in [2.45, 2.75) is 27.3 Å². The highest BCUT2D eigenvalue weighted by molar-refractivity contribution is 5.99. The fourth-order valence-corrected chi connectivity index (χ4v) is 3.82. The summed E-state index contributed by atoms with van der Waals surface area (Å²) in [4.78, 5) is 21.9. The third-order valence-electron chi connectivity index (χ3n) is 5.31. The Labute approximate surface area is 170 Å². The Morgan fingerprint density at radius 3 is 2.52 bits per heavy atom. The molecule has 7 nitrogen and oxygen atoms in total. The molecule has 0 bridgehead atoms. The molecule has 1 aliphatic rings. The fraction of sp³-hybridized carbons (Fsp3) is 0.409. The minimum Gasteiger partial charge on any atom is -0.494 e. The molecule has 7 heteroatoms. The van der Waals surface area contributed by atoms with Crippen LogP contribution in [0.3, 0.4) is 0 Å². The fourth-order valence-electron chi connectivity index (χ4n) is 3.82. The van der Waals surface area contributed by atoms with Gasteiger partial charge in [-0.25, -0.2) is 9.50 Å². The van der Waals surface area contributed by atoms with Gasteiger partial charge in [0.05, 0.1) is 12.8 Å². The maximum Gasteiger partial charge on any atom is 0.259 e. The van der Waals surface area contributed by atoms with E-state index in [9.17, 15) is 4.79 Å². The van der Waals surface area contributed by atoms with Crippen LogP contribution in [0.1, 0.15) is 34.2 Å². The molecule has 0 radical (unpaired) electrons. The molecule has 0 N–H and O–H groups in total. The molecule has 4 rings (SSSR count). The molecule has 0 spiro atoms. The lowest BCUT2D eigenvalue weighted by Gasteiger charge is -2.34. The standard InChI is InChI=1S/C22H27N5O2/c1-4-29-19-7-5-18(6-8-19)15-25-9-11-26(12-10-25)22(28)20-14-23-27-17(3)13-16(2)24-21(20)27/h5-8,13-14H,4,9-12,15H2,1-3H3. The van der Waals surface area contributed by atoms with E-state index in [0.717, 1.165) is 36.8 Å². The highest BCUT2D eigenvalue weighted by atomic mass is 16.5. The van der Waals surface area contributed by atoms with Crippen molar-refractivity contribution in [1.82, 2.24) is 24.4 Å². The van der Waals surface area contributed by atoms with E-state index in [-0.39, 0.29) is 5.91 Å². The monoisotopic (exact) mass is 393 g/mol. The topological polar surface area (TPSA) is 63.0 Å². The van der Waals surface area contributed by atoms with Crippen LogP contribution in [0.15, 0.2) is 36.5 Å². The number of fused-ring (bicyclic) bond motifs is 1. The van der Waals surface area contributed by atoms with Crippen LogP contribution in [0, 0.1) is 13.8 Å². The normalized spacial score (nSPS) is 15.1. The van der Waals surface area contributed by atoms with Gasteiger partial charge in [0.25, 0.3) is 5.91 Å². The molecule has 1 aliphatic heterocycles. The third-order valence-corrected chi connectivity index (χ3v) is 5.31. The van der Waals surface area contributed by atoms with Crippen LogP contribution < -0.4 is 4.74 Å². The zero-order chi connectivity index (χ0) is 20.4. The van der Waals surface area contributed by atoms with Gasteiger partial charge in [0.2, 0.25) is 0 Å². The van der Waals surface area contributed by atoms with Crippen LogP contribution in [0.4, 0.5) is 0 Å². The average molecular weight is 393 g/mol. The Morgan fingerprint density at radius 2 is 1.83 bits per heavy atom. The number of carbonyl (C=O) groups is 1. The van der Waals surface area contributed by atoms with Crippen LogP contribution in [0.2, 0.25) is 0 Å². The summed E-state index contributed by atoms with van der Waals surface area (Å²) in [6, 6.07) is 10.2. The zero-order valence-electron chi connectivity index (χ0n) is 17.3. The highest BCUT2D eigenvalue weighted by Gasteiger charge is 2.25. The van der Waals surface area contributed by atoms with Gasteiger partial charge in [0.15, 0.2) is 5.65 Å². The van der Waals surface area contributed by atoms with Gasteiger partial charge in [-0.1, -0.05) is 12.1 Å². The molecule has 0 aliphatic carbocycles. The van der Waals surface area contributed by atoms with E-state index in [0.29, 0.717) is 30.9 Å². The molecule has 1 aromatic carbocycles. The van der Waals surface area contributed by atoms with Crippen LogP contribution >= 0.6 is 0 Å². The molecule has 3 aromatic rings. The number of hydrogen-bond acceptors (Lipinski definition) is 5. The van der Waals surface area contributed by atoms with Gasteiger partial charge >= 0.3 is 0 Å². The minimum absolute atomic E-state index is 0.0122. The van der Waals surface area contributed by atoms with Gasteiger partial charge in [0, 0.05) is 44.1 Å². The van der Waals surface area contributed by atoms with Gasteiger partial charge in [-0.3, -0.25) is 9.69 Å². The quantitative estimate of drug-likeness (QED) is 0.667. The molecule has 3 heterocycles. The number of ether oxygens (including phenoxy) is 1. The van der Waals surface area contributed by atoms with Crippen molar-refractivity contribution in [3.63, 3.8) is 0 Å². The second kappa shape index (κ2) is 8.21. The molecule has 0 atom stereocenters. The van der Waals surface area contributed by atoms with Crippen LogP contribution in [0.25, 0.3) is 5.65 Å². The van der Waals surface area contributed by atoms with E-state index in [1.807, 2.05) is 43.9 Å².